The third-order valence-electron chi connectivity index (χ3n) is 3.52. The van der Waals surface area contributed by atoms with Crippen molar-refractivity contribution in [2.24, 2.45) is 0 Å². The van der Waals surface area contributed by atoms with E-state index in [1.807, 2.05) is 38.1 Å². The molecule has 0 N–H and O–H groups in total. The zero-order valence-corrected chi connectivity index (χ0v) is 13.6. The Morgan fingerprint density at radius 3 is 1.39 bits per heavy atom. The summed E-state index contributed by atoms with van der Waals surface area (Å²) >= 11 is 0. The van der Waals surface area contributed by atoms with Crippen LogP contribution >= 0.6 is 0 Å². The molecule has 0 saturated heterocycles. The second-order valence-corrected chi connectivity index (χ2v) is 5.07. The average Bonchev–Trinajstić information content (AvgIpc) is 2.60. The molecule has 0 atom stereocenters. The van der Waals surface area contributed by atoms with Gasteiger partial charge >= 0.3 is 0 Å². The van der Waals surface area contributed by atoms with E-state index in [1.165, 1.54) is 11.6 Å². The summed E-state index contributed by atoms with van der Waals surface area (Å²) in [6.45, 7) is 6.05. The molecule has 23 heavy (non-hydrogen) atoms. The van der Waals surface area contributed by atoms with Gasteiger partial charge in [0, 0.05) is 0 Å². The minimum Gasteiger partial charge on any atom is -0.204 e. The molecule has 0 heterocycles. The number of rotatable bonds is 2. The first-order valence-electron chi connectivity index (χ1n) is 7.76. The van der Waals surface area contributed by atoms with Crippen LogP contribution in [0, 0.1) is 18.6 Å². The minimum atomic E-state index is -0.824. The van der Waals surface area contributed by atoms with E-state index < -0.39 is 11.6 Å². The lowest BCUT2D eigenvalue weighted by Gasteiger charge is -2.06. The molecule has 0 radical (unpaired) electrons. The van der Waals surface area contributed by atoms with E-state index in [0.29, 0.717) is 5.56 Å². The van der Waals surface area contributed by atoms with Crippen LogP contribution in [-0.4, -0.2) is 0 Å². The van der Waals surface area contributed by atoms with E-state index in [9.17, 15) is 8.78 Å². The Hall–Kier alpha value is -2.48. The summed E-state index contributed by atoms with van der Waals surface area (Å²) in [4.78, 5) is 0. The average molecular weight is 310 g/mol. The zero-order valence-electron chi connectivity index (χ0n) is 13.6. The summed E-state index contributed by atoms with van der Waals surface area (Å²) in [6.07, 6.45) is 0. The molecule has 118 valence electrons. The topological polar surface area (TPSA) is 0 Å². The largest absolute Gasteiger partial charge is 0.204 e. The predicted octanol–water partition coefficient (Wildman–Crippen LogP) is 6.63. The van der Waals surface area contributed by atoms with Gasteiger partial charge in [-0.05, 0) is 41.3 Å². The Kier molecular flexibility index (Phi) is 5.64. The van der Waals surface area contributed by atoms with Crippen LogP contribution in [-0.2, 0) is 0 Å². The molecule has 0 spiro atoms. The lowest BCUT2D eigenvalue weighted by molar-refractivity contribution is 0.509. The van der Waals surface area contributed by atoms with Gasteiger partial charge in [-0.25, -0.2) is 8.78 Å². The van der Waals surface area contributed by atoms with Gasteiger partial charge in [0.05, 0.1) is 0 Å². The lowest BCUT2D eigenvalue weighted by Crippen LogP contribution is -1.85. The van der Waals surface area contributed by atoms with Crippen LogP contribution in [0.5, 0.6) is 0 Å². The summed E-state index contributed by atoms with van der Waals surface area (Å²) in [7, 11) is 0. The Bertz CT molecular complexity index is 757. The molecule has 0 unspecified atom stereocenters. The summed E-state index contributed by atoms with van der Waals surface area (Å²) in [6, 6.07) is 20.0. The number of benzene rings is 3. The molecule has 3 aromatic rings. The first kappa shape index (κ1) is 16.9. The van der Waals surface area contributed by atoms with Crippen LogP contribution in [0.4, 0.5) is 8.78 Å². The van der Waals surface area contributed by atoms with Crippen molar-refractivity contribution in [2.75, 3.05) is 0 Å². The number of hydrogen-bond acceptors (Lipinski definition) is 0. The van der Waals surface area contributed by atoms with E-state index in [2.05, 4.69) is 31.2 Å². The fourth-order valence-corrected chi connectivity index (χ4v) is 2.28. The van der Waals surface area contributed by atoms with Crippen molar-refractivity contribution in [3.8, 4) is 22.3 Å². The summed E-state index contributed by atoms with van der Waals surface area (Å²) in [5.74, 6) is -1.65. The van der Waals surface area contributed by atoms with Crippen LogP contribution in [0.25, 0.3) is 22.3 Å². The highest BCUT2D eigenvalue weighted by molar-refractivity contribution is 5.70. The van der Waals surface area contributed by atoms with Crippen molar-refractivity contribution in [1.82, 2.24) is 0 Å². The van der Waals surface area contributed by atoms with Crippen molar-refractivity contribution in [1.29, 1.82) is 0 Å². The first-order valence-corrected chi connectivity index (χ1v) is 7.76. The fraction of sp³-hybridized carbons (Fsp3) is 0.143. The van der Waals surface area contributed by atoms with Crippen molar-refractivity contribution >= 4 is 0 Å². The Labute approximate surface area is 136 Å². The molecule has 0 saturated carbocycles. The highest BCUT2D eigenvalue weighted by Crippen LogP contribution is 2.26. The molecule has 3 aromatic carbocycles. The van der Waals surface area contributed by atoms with Crippen LogP contribution < -0.4 is 0 Å². The molecule has 2 heteroatoms. The quantitative estimate of drug-likeness (QED) is 0.498. The van der Waals surface area contributed by atoms with Crippen molar-refractivity contribution < 1.29 is 8.78 Å². The Morgan fingerprint density at radius 1 is 0.522 bits per heavy atom. The Balaban J connectivity index is 0.000000924. The molecular formula is C21H20F2. The van der Waals surface area contributed by atoms with Gasteiger partial charge in [0.25, 0.3) is 0 Å². The Morgan fingerprint density at radius 2 is 0.913 bits per heavy atom. The van der Waals surface area contributed by atoms with Crippen LogP contribution in [0.3, 0.4) is 0 Å². The van der Waals surface area contributed by atoms with Gasteiger partial charge in [-0.1, -0.05) is 74.0 Å². The van der Waals surface area contributed by atoms with Gasteiger partial charge in [0.15, 0.2) is 11.6 Å². The highest BCUT2D eigenvalue weighted by Gasteiger charge is 2.05. The van der Waals surface area contributed by atoms with Crippen molar-refractivity contribution in [3.05, 3.63) is 83.9 Å². The van der Waals surface area contributed by atoms with Gasteiger partial charge in [-0.15, -0.1) is 0 Å². The van der Waals surface area contributed by atoms with Gasteiger partial charge < -0.3 is 0 Å². The maximum Gasteiger partial charge on any atom is 0.159 e. The van der Waals surface area contributed by atoms with E-state index in [-0.39, 0.29) is 0 Å². The molecule has 0 aliphatic rings. The molecule has 0 amide bonds. The molecule has 0 aromatic heterocycles. The fourth-order valence-electron chi connectivity index (χ4n) is 2.28. The summed E-state index contributed by atoms with van der Waals surface area (Å²) in [5, 5.41) is 0. The van der Waals surface area contributed by atoms with Gasteiger partial charge in [0.2, 0.25) is 0 Å². The molecule has 0 bridgehead atoms. The predicted molar refractivity (Wildman–Crippen MR) is 93.3 cm³/mol. The molecule has 3 rings (SSSR count). The zero-order chi connectivity index (χ0) is 16.8. The first-order chi connectivity index (χ1) is 11.1. The van der Waals surface area contributed by atoms with Crippen LogP contribution in [0.15, 0.2) is 66.7 Å². The van der Waals surface area contributed by atoms with Crippen LogP contribution in [0.1, 0.15) is 19.4 Å². The van der Waals surface area contributed by atoms with Gasteiger partial charge in [-0.2, -0.15) is 0 Å². The summed E-state index contributed by atoms with van der Waals surface area (Å²) < 4.78 is 26.2. The minimum absolute atomic E-state index is 0.671. The SMILES string of the molecule is CC.Cc1ccc(-c2ccc(-c3ccc(F)c(F)c3)cc2)cc1. The van der Waals surface area contributed by atoms with Gasteiger partial charge in [-0.3, -0.25) is 0 Å². The normalized spacial score (nSPS) is 9.96. The monoisotopic (exact) mass is 310 g/mol. The number of aryl methyl sites for hydroxylation is 1. The second kappa shape index (κ2) is 7.68. The molecule has 0 fully saturated rings. The lowest BCUT2D eigenvalue weighted by atomic mass is 10.00. The van der Waals surface area contributed by atoms with E-state index in [1.54, 1.807) is 6.07 Å². The van der Waals surface area contributed by atoms with Crippen molar-refractivity contribution in [3.63, 3.8) is 0 Å². The smallest absolute Gasteiger partial charge is 0.159 e. The van der Waals surface area contributed by atoms with Crippen LogP contribution in [0.2, 0.25) is 0 Å². The van der Waals surface area contributed by atoms with Gasteiger partial charge in [0.1, 0.15) is 0 Å². The standard InChI is InChI=1S/C19H14F2.C2H6/c1-13-2-4-14(5-3-13)15-6-8-16(9-7-15)17-10-11-18(20)19(21)12-17;1-2/h2-12H,1H3;1-2H3. The molecule has 0 aliphatic heterocycles. The van der Waals surface area contributed by atoms with E-state index in [4.69, 9.17) is 0 Å². The maximum absolute atomic E-state index is 13.3. The molecular weight excluding hydrogens is 290 g/mol. The third kappa shape index (κ3) is 4.04. The van der Waals surface area contributed by atoms with E-state index in [0.717, 1.165) is 22.8 Å². The molecule has 0 aliphatic carbocycles. The maximum atomic E-state index is 13.3. The summed E-state index contributed by atoms with van der Waals surface area (Å²) in [5.41, 5.74) is 4.99. The number of halogens is 2. The highest BCUT2D eigenvalue weighted by atomic mass is 19.2. The number of hydrogen-bond donors (Lipinski definition) is 0. The third-order valence-corrected chi connectivity index (χ3v) is 3.52. The van der Waals surface area contributed by atoms with Crippen molar-refractivity contribution in [2.45, 2.75) is 20.8 Å². The second-order valence-electron chi connectivity index (χ2n) is 5.07. The molecule has 0 nitrogen and oxygen atoms in total. The van der Waals surface area contributed by atoms with E-state index >= 15 is 0 Å².